The van der Waals surface area contributed by atoms with E-state index in [0.717, 1.165) is 32.3 Å². The Hall–Kier alpha value is -1.10. The van der Waals surface area contributed by atoms with E-state index >= 15 is 0 Å². The van der Waals surface area contributed by atoms with Crippen molar-refractivity contribution < 1.29 is 14.3 Å². The van der Waals surface area contributed by atoms with E-state index in [-0.39, 0.29) is 30.4 Å². The van der Waals surface area contributed by atoms with Crippen molar-refractivity contribution in [1.82, 2.24) is 9.80 Å². The predicted molar refractivity (Wildman–Crippen MR) is 64.6 cm³/mol. The summed E-state index contributed by atoms with van der Waals surface area (Å²) in [5.41, 5.74) is 0. The van der Waals surface area contributed by atoms with Crippen LogP contribution in [0.25, 0.3) is 0 Å². The third-order valence-electron chi connectivity index (χ3n) is 4.19. The molecule has 5 nitrogen and oxygen atoms in total. The largest absolute Gasteiger partial charge is 0.378 e. The molecule has 3 fully saturated rings. The van der Waals surface area contributed by atoms with Gasteiger partial charge in [-0.3, -0.25) is 9.59 Å². The zero-order valence-corrected chi connectivity index (χ0v) is 10.8. The van der Waals surface area contributed by atoms with Gasteiger partial charge in [0, 0.05) is 12.6 Å². The fourth-order valence-corrected chi connectivity index (χ4v) is 2.90. The third kappa shape index (κ3) is 2.11. The monoisotopic (exact) mass is 252 g/mol. The number of nitrogens with zero attached hydrogens (tertiary/aromatic N) is 2. The SMILES string of the molecule is C[C@@H]1OCCC[C@@H]1C(=O)N1CC(=O)N(C2CC2)C1. The maximum atomic E-state index is 12.4. The van der Waals surface area contributed by atoms with Gasteiger partial charge in [0.1, 0.15) is 6.54 Å². The van der Waals surface area contributed by atoms with E-state index in [4.69, 9.17) is 4.74 Å². The Morgan fingerprint density at radius 3 is 2.78 bits per heavy atom. The van der Waals surface area contributed by atoms with Gasteiger partial charge in [-0.1, -0.05) is 0 Å². The molecular formula is C13H20N2O3. The molecule has 2 saturated heterocycles. The fraction of sp³-hybridized carbons (Fsp3) is 0.846. The molecule has 18 heavy (non-hydrogen) atoms. The molecule has 0 aromatic carbocycles. The van der Waals surface area contributed by atoms with Gasteiger partial charge in [-0.05, 0) is 32.6 Å². The van der Waals surface area contributed by atoms with Crippen LogP contribution in [0, 0.1) is 5.92 Å². The number of hydrogen-bond acceptors (Lipinski definition) is 3. The summed E-state index contributed by atoms with van der Waals surface area (Å²) in [5, 5.41) is 0. The first-order valence-corrected chi connectivity index (χ1v) is 6.86. The van der Waals surface area contributed by atoms with Crippen LogP contribution < -0.4 is 0 Å². The standard InChI is InChI=1S/C13H20N2O3/c1-9-11(3-2-6-18-9)13(17)14-7-12(16)15(8-14)10-4-5-10/h9-11H,2-8H2,1H3/t9-,11-/m0/s1. The van der Waals surface area contributed by atoms with E-state index < -0.39 is 0 Å². The second-order valence-electron chi connectivity index (χ2n) is 5.60. The van der Waals surface area contributed by atoms with E-state index in [1.54, 1.807) is 4.90 Å². The Labute approximate surface area is 107 Å². The molecule has 5 heteroatoms. The Kier molecular flexibility index (Phi) is 3.01. The van der Waals surface area contributed by atoms with Crippen molar-refractivity contribution in [2.45, 2.75) is 44.8 Å². The quantitative estimate of drug-likeness (QED) is 0.723. The molecular weight excluding hydrogens is 232 g/mol. The summed E-state index contributed by atoms with van der Waals surface area (Å²) in [6.45, 7) is 3.46. The molecule has 2 atom stereocenters. The van der Waals surface area contributed by atoms with Gasteiger partial charge >= 0.3 is 0 Å². The number of rotatable bonds is 2. The number of carbonyl (C=O) groups excluding carboxylic acids is 2. The molecule has 1 saturated carbocycles. The van der Waals surface area contributed by atoms with Crippen LogP contribution in [0.1, 0.15) is 32.6 Å². The highest BCUT2D eigenvalue weighted by molar-refractivity contribution is 5.89. The molecule has 0 bridgehead atoms. The van der Waals surface area contributed by atoms with Gasteiger partial charge in [0.2, 0.25) is 11.8 Å². The van der Waals surface area contributed by atoms with Gasteiger partial charge in [0.25, 0.3) is 0 Å². The van der Waals surface area contributed by atoms with E-state index in [2.05, 4.69) is 0 Å². The minimum atomic E-state index is -0.0642. The van der Waals surface area contributed by atoms with E-state index in [1.807, 2.05) is 11.8 Å². The molecule has 2 amide bonds. The Bertz CT molecular complexity index is 367. The molecule has 0 aromatic heterocycles. The molecule has 2 aliphatic heterocycles. The van der Waals surface area contributed by atoms with Crippen LogP contribution in [-0.4, -0.2) is 53.6 Å². The summed E-state index contributed by atoms with van der Waals surface area (Å²) < 4.78 is 5.54. The van der Waals surface area contributed by atoms with Crippen molar-refractivity contribution in [2.24, 2.45) is 5.92 Å². The van der Waals surface area contributed by atoms with Crippen LogP contribution in [0.3, 0.4) is 0 Å². The first kappa shape index (κ1) is 12.0. The number of carbonyl (C=O) groups is 2. The molecule has 0 spiro atoms. The summed E-state index contributed by atoms with van der Waals surface area (Å²) in [5.74, 6) is 0.139. The van der Waals surface area contributed by atoms with Crippen molar-refractivity contribution in [2.75, 3.05) is 19.8 Å². The van der Waals surface area contributed by atoms with Crippen LogP contribution in [0.2, 0.25) is 0 Å². The number of hydrogen-bond donors (Lipinski definition) is 0. The van der Waals surface area contributed by atoms with Crippen molar-refractivity contribution in [3.63, 3.8) is 0 Å². The van der Waals surface area contributed by atoms with Gasteiger partial charge in [-0.15, -0.1) is 0 Å². The molecule has 100 valence electrons. The van der Waals surface area contributed by atoms with Crippen molar-refractivity contribution >= 4 is 11.8 Å². The van der Waals surface area contributed by atoms with Crippen LogP contribution >= 0.6 is 0 Å². The van der Waals surface area contributed by atoms with Gasteiger partial charge in [0.15, 0.2) is 0 Å². The Balaban J connectivity index is 1.64. The first-order chi connectivity index (χ1) is 8.66. The van der Waals surface area contributed by atoms with Gasteiger partial charge in [0.05, 0.1) is 18.7 Å². The molecule has 0 unspecified atom stereocenters. The van der Waals surface area contributed by atoms with Gasteiger partial charge < -0.3 is 14.5 Å². The molecule has 0 N–H and O–H groups in total. The summed E-state index contributed by atoms with van der Waals surface area (Å²) >= 11 is 0. The Morgan fingerprint density at radius 2 is 2.11 bits per heavy atom. The van der Waals surface area contributed by atoms with Crippen molar-refractivity contribution in [1.29, 1.82) is 0 Å². The van der Waals surface area contributed by atoms with Crippen LogP contribution in [-0.2, 0) is 14.3 Å². The average molecular weight is 252 g/mol. The van der Waals surface area contributed by atoms with Crippen molar-refractivity contribution in [3.05, 3.63) is 0 Å². The lowest BCUT2D eigenvalue weighted by atomic mass is 9.94. The second kappa shape index (κ2) is 4.53. The highest BCUT2D eigenvalue weighted by Crippen LogP contribution is 2.31. The highest BCUT2D eigenvalue weighted by atomic mass is 16.5. The summed E-state index contributed by atoms with van der Waals surface area (Å²) in [6, 6.07) is 0.398. The van der Waals surface area contributed by atoms with Crippen LogP contribution in [0.4, 0.5) is 0 Å². The normalized spacial score (nSPS) is 33.1. The van der Waals surface area contributed by atoms with E-state index in [9.17, 15) is 9.59 Å². The van der Waals surface area contributed by atoms with Gasteiger partial charge in [-0.25, -0.2) is 0 Å². The lowest BCUT2D eigenvalue weighted by Crippen LogP contribution is -2.42. The molecule has 2 heterocycles. The zero-order chi connectivity index (χ0) is 12.7. The highest BCUT2D eigenvalue weighted by Gasteiger charge is 2.42. The summed E-state index contributed by atoms with van der Waals surface area (Å²) in [7, 11) is 0. The molecule has 1 aliphatic carbocycles. The Morgan fingerprint density at radius 1 is 1.33 bits per heavy atom. The molecule has 0 aromatic rings. The smallest absolute Gasteiger partial charge is 0.243 e. The third-order valence-corrected chi connectivity index (χ3v) is 4.19. The number of ether oxygens (including phenoxy) is 1. The topological polar surface area (TPSA) is 49.9 Å². The predicted octanol–water partition coefficient (Wildman–Crippen LogP) is 0.592. The average Bonchev–Trinajstić information content (AvgIpc) is 3.12. The first-order valence-electron chi connectivity index (χ1n) is 6.86. The lowest BCUT2D eigenvalue weighted by molar-refractivity contribution is -0.143. The van der Waals surface area contributed by atoms with Crippen molar-refractivity contribution in [3.8, 4) is 0 Å². The van der Waals surface area contributed by atoms with Crippen LogP contribution in [0.5, 0.6) is 0 Å². The maximum absolute atomic E-state index is 12.4. The minimum Gasteiger partial charge on any atom is -0.378 e. The summed E-state index contributed by atoms with van der Waals surface area (Å²) in [6.07, 6.45) is 3.99. The number of amides is 2. The fourth-order valence-electron chi connectivity index (χ4n) is 2.90. The second-order valence-corrected chi connectivity index (χ2v) is 5.60. The molecule has 3 aliphatic rings. The van der Waals surface area contributed by atoms with Crippen LogP contribution in [0.15, 0.2) is 0 Å². The minimum absolute atomic E-state index is 0.0173. The summed E-state index contributed by atoms with van der Waals surface area (Å²) in [4.78, 5) is 27.8. The van der Waals surface area contributed by atoms with Gasteiger partial charge in [-0.2, -0.15) is 0 Å². The van der Waals surface area contributed by atoms with E-state index in [0.29, 0.717) is 12.7 Å². The maximum Gasteiger partial charge on any atom is 0.243 e. The molecule has 0 radical (unpaired) electrons. The molecule has 3 rings (SSSR count). The lowest BCUT2D eigenvalue weighted by Gasteiger charge is -2.31. The van der Waals surface area contributed by atoms with E-state index in [1.165, 1.54) is 0 Å². The zero-order valence-electron chi connectivity index (χ0n) is 10.8.